The van der Waals surface area contributed by atoms with Crippen LogP contribution in [-0.2, 0) is 0 Å². The predicted octanol–water partition coefficient (Wildman–Crippen LogP) is 8.94. The zero-order valence-electron chi connectivity index (χ0n) is 20.6. The summed E-state index contributed by atoms with van der Waals surface area (Å²) >= 11 is 0. The van der Waals surface area contributed by atoms with Crippen molar-refractivity contribution in [3.8, 4) is 22.5 Å². The van der Waals surface area contributed by atoms with E-state index >= 15 is 0 Å². The van der Waals surface area contributed by atoms with Crippen molar-refractivity contribution in [2.45, 2.75) is 0 Å². The third kappa shape index (κ3) is 2.99. The second-order valence-electron chi connectivity index (χ2n) is 9.67. The highest BCUT2D eigenvalue weighted by atomic mass is 15.0. The number of fused-ring (bicyclic) bond motifs is 6. The van der Waals surface area contributed by atoms with Crippen LogP contribution in [-0.4, -0.2) is 14.1 Å². The maximum Gasteiger partial charge on any atom is 0.145 e. The van der Waals surface area contributed by atoms with Crippen LogP contribution in [0, 0.1) is 0 Å². The lowest BCUT2D eigenvalue weighted by molar-refractivity contribution is 1.14. The average molecular weight is 486 g/mol. The second kappa shape index (κ2) is 8.19. The Labute approximate surface area is 219 Å². The minimum Gasteiger partial charge on any atom is -0.309 e. The fraction of sp³-hybridized carbons (Fsp3) is 0. The van der Waals surface area contributed by atoms with Gasteiger partial charge in [-0.05, 0) is 65.7 Å². The molecule has 0 aliphatic heterocycles. The van der Waals surface area contributed by atoms with Crippen LogP contribution in [0.25, 0.3) is 66.2 Å². The quantitative estimate of drug-likeness (QED) is 0.245. The van der Waals surface area contributed by atoms with Gasteiger partial charge in [-0.25, -0.2) is 4.98 Å². The van der Waals surface area contributed by atoms with Crippen LogP contribution in [0.4, 0.5) is 0 Å². The molecule has 0 amide bonds. The summed E-state index contributed by atoms with van der Waals surface area (Å²) in [7, 11) is 0. The highest BCUT2D eigenvalue weighted by Crippen LogP contribution is 2.40. The van der Waals surface area contributed by atoms with Crippen LogP contribution in [0.5, 0.6) is 0 Å². The number of pyridine rings is 1. The third-order valence-corrected chi connectivity index (χ3v) is 7.56. The maximum atomic E-state index is 4.82. The largest absolute Gasteiger partial charge is 0.309 e. The van der Waals surface area contributed by atoms with Gasteiger partial charge in [0.1, 0.15) is 5.65 Å². The molecule has 3 nitrogen and oxygen atoms in total. The Morgan fingerprint density at radius 2 is 1.11 bits per heavy atom. The predicted molar refractivity (Wildman–Crippen MR) is 158 cm³/mol. The van der Waals surface area contributed by atoms with Crippen LogP contribution in [0.2, 0.25) is 0 Å². The molecule has 0 saturated heterocycles. The molecular formula is C35H23N3. The van der Waals surface area contributed by atoms with Crippen LogP contribution >= 0.6 is 0 Å². The van der Waals surface area contributed by atoms with Crippen molar-refractivity contribution in [3.05, 3.63) is 140 Å². The van der Waals surface area contributed by atoms with E-state index < -0.39 is 0 Å². The molecule has 3 aromatic heterocycles. The standard InChI is InChI=1S/C35H23N3/c1-3-11-25(12-4-1)37-31-18-8-7-15-28(31)29-21-20-24(23-33(29)37)27-16-9-19-32-34(27)30-17-10-22-36-35(30)38(32)26-13-5-2-6-14-26/h1-23H. The molecule has 178 valence electrons. The van der Waals surface area contributed by atoms with Gasteiger partial charge in [0, 0.05) is 39.1 Å². The summed E-state index contributed by atoms with van der Waals surface area (Å²) in [4.78, 5) is 4.82. The molecule has 0 spiro atoms. The number of benzene rings is 5. The van der Waals surface area contributed by atoms with Crippen molar-refractivity contribution in [1.29, 1.82) is 0 Å². The smallest absolute Gasteiger partial charge is 0.145 e. The molecule has 0 unspecified atom stereocenters. The van der Waals surface area contributed by atoms with Gasteiger partial charge in [0.25, 0.3) is 0 Å². The Kier molecular flexibility index (Phi) is 4.52. The van der Waals surface area contributed by atoms with E-state index in [9.17, 15) is 0 Å². The fourth-order valence-electron chi connectivity index (χ4n) is 5.97. The number of aromatic nitrogens is 3. The monoisotopic (exact) mass is 485 g/mol. The Morgan fingerprint density at radius 1 is 0.447 bits per heavy atom. The molecule has 0 atom stereocenters. The molecule has 0 aliphatic carbocycles. The van der Waals surface area contributed by atoms with Crippen molar-refractivity contribution in [2.24, 2.45) is 0 Å². The van der Waals surface area contributed by atoms with E-state index in [4.69, 9.17) is 4.98 Å². The number of rotatable bonds is 3. The molecule has 0 bridgehead atoms. The topological polar surface area (TPSA) is 22.8 Å². The molecule has 0 fully saturated rings. The minimum absolute atomic E-state index is 0.973. The zero-order valence-corrected chi connectivity index (χ0v) is 20.6. The summed E-state index contributed by atoms with van der Waals surface area (Å²) in [5.41, 5.74) is 9.24. The van der Waals surface area contributed by atoms with Crippen LogP contribution in [0.3, 0.4) is 0 Å². The van der Waals surface area contributed by atoms with Gasteiger partial charge in [-0.2, -0.15) is 0 Å². The zero-order chi connectivity index (χ0) is 25.1. The first kappa shape index (κ1) is 21.0. The number of hydrogen-bond donors (Lipinski definition) is 0. The molecule has 0 radical (unpaired) electrons. The van der Waals surface area contributed by atoms with E-state index in [1.54, 1.807) is 0 Å². The summed E-state index contributed by atoms with van der Waals surface area (Å²) in [5, 5.41) is 4.90. The van der Waals surface area contributed by atoms with Gasteiger partial charge in [-0.15, -0.1) is 0 Å². The minimum atomic E-state index is 0.973. The maximum absolute atomic E-state index is 4.82. The van der Waals surface area contributed by atoms with Gasteiger partial charge >= 0.3 is 0 Å². The first-order valence-corrected chi connectivity index (χ1v) is 12.9. The number of para-hydroxylation sites is 3. The Balaban J connectivity index is 1.46. The van der Waals surface area contributed by atoms with E-state index in [0.29, 0.717) is 0 Å². The van der Waals surface area contributed by atoms with E-state index in [1.165, 1.54) is 44.0 Å². The van der Waals surface area contributed by atoms with Crippen molar-refractivity contribution < 1.29 is 0 Å². The lowest BCUT2D eigenvalue weighted by Crippen LogP contribution is -1.94. The molecule has 5 aromatic carbocycles. The summed E-state index contributed by atoms with van der Waals surface area (Å²) in [6.45, 7) is 0. The molecule has 8 aromatic rings. The molecule has 3 heteroatoms. The van der Waals surface area contributed by atoms with Crippen LogP contribution < -0.4 is 0 Å². The summed E-state index contributed by atoms with van der Waals surface area (Å²) < 4.78 is 4.65. The average Bonchev–Trinajstić information content (AvgIpc) is 3.51. The van der Waals surface area contributed by atoms with Crippen LogP contribution in [0.15, 0.2) is 140 Å². The fourth-order valence-corrected chi connectivity index (χ4v) is 5.97. The first-order valence-electron chi connectivity index (χ1n) is 12.9. The lowest BCUT2D eigenvalue weighted by Gasteiger charge is -2.10. The molecule has 8 rings (SSSR count). The normalized spacial score (nSPS) is 11.7. The molecule has 0 N–H and O–H groups in total. The van der Waals surface area contributed by atoms with Gasteiger partial charge in [-0.1, -0.05) is 78.9 Å². The summed E-state index contributed by atoms with van der Waals surface area (Å²) in [6, 6.07) is 47.5. The number of nitrogens with zero attached hydrogens (tertiary/aromatic N) is 3. The molecule has 0 aliphatic rings. The van der Waals surface area contributed by atoms with Gasteiger partial charge in [0.05, 0.1) is 16.6 Å². The first-order chi connectivity index (χ1) is 18.9. The number of hydrogen-bond acceptors (Lipinski definition) is 1. The molecule has 3 heterocycles. The molecule has 38 heavy (non-hydrogen) atoms. The van der Waals surface area contributed by atoms with Gasteiger partial charge in [-0.3, -0.25) is 4.57 Å². The SMILES string of the molecule is c1ccc(-n2c3ccccc3c3ccc(-c4cccc5c4c4cccnc4n5-c4ccccc4)cc32)cc1. The Morgan fingerprint density at radius 3 is 1.92 bits per heavy atom. The lowest BCUT2D eigenvalue weighted by atomic mass is 9.98. The third-order valence-electron chi connectivity index (χ3n) is 7.56. The highest BCUT2D eigenvalue weighted by Gasteiger charge is 2.18. The van der Waals surface area contributed by atoms with Crippen molar-refractivity contribution in [2.75, 3.05) is 0 Å². The highest BCUT2D eigenvalue weighted by molar-refractivity contribution is 6.16. The van der Waals surface area contributed by atoms with Crippen molar-refractivity contribution >= 4 is 43.7 Å². The summed E-state index contributed by atoms with van der Waals surface area (Å²) in [5.74, 6) is 0. The van der Waals surface area contributed by atoms with Gasteiger partial charge in [0.2, 0.25) is 0 Å². The Bertz CT molecular complexity index is 2120. The van der Waals surface area contributed by atoms with E-state index in [2.05, 4.69) is 137 Å². The summed E-state index contributed by atoms with van der Waals surface area (Å²) in [6.07, 6.45) is 1.88. The Hall–Kier alpha value is -5.15. The van der Waals surface area contributed by atoms with Gasteiger partial charge < -0.3 is 4.57 Å². The van der Waals surface area contributed by atoms with E-state index in [0.717, 1.165) is 22.2 Å². The second-order valence-corrected chi connectivity index (χ2v) is 9.67. The molecule has 0 saturated carbocycles. The van der Waals surface area contributed by atoms with Gasteiger partial charge in [0.15, 0.2) is 0 Å². The van der Waals surface area contributed by atoms with Crippen LogP contribution in [0.1, 0.15) is 0 Å². The molecular weight excluding hydrogens is 462 g/mol. The van der Waals surface area contributed by atoms with Crippen molar-refractivity contribution in [3.63, 3.8) is 0 Å². The van der Waals surface area contributed by atoms with E-state index in [-0.39, 0.29) is 0 Å². The van der Waals surface area contributed by atoms with Crippen molar-refractivity contribution in [1.82, 2.24) is 14.1 Å². The van der Waals surface area contributed by atoms with E-state index in [1.807, 2.05) is 12.3 Å².